The zero-order valence-corrected chi connectivity index (χ0v) is 19.0. The van der Waals surface area contributed by atoms with E-state index in [0.717, 1.165) is 0 Å². The fraction of sp³-hybridized carbons (Fsp3) is 0.500. The van der Waals surface area contributed by atoms with Crippen molar-refractivity contribution in [3.05, 3.63) is 24.5 Å². The van der Waals surface area contributed by atoms with Crippen molar-refractivity contribution in [1.82, 2.24) is 19.1 Å². The minimum Gasteiger partial charge on any atom is -0.384 e. The number of benzene rings is 1. The molecule has 160 valence electrons. The molecule has 0 spiro atoms. The second-order valence-electron chi connectivity index (χ2n) is 6.30. The average Bonchev–Trinajstić information content (AvgIpc) is 3.08. The second-order valence-corrected chi connectivity index (χ2v) is 9.55. The third-order valence-corrected chi connectivity index (χ3v) is 7.47. The molecule has 0 bridgehead atoms. The first-order valence-corrected chi connectivity index (χ1v) is 11.8. The number of carbonyl (C=O) groups excluding carboxylic acids is 1. The Hall–Kier alpha value is -2.11. The average molecular weight is 441 g/mol. The van der Waals surface area contributed by atoms with Crippen molar-refractivity contribution in [3.63, 3.8) is 0 Å². The van der Waals surface area contributed by atoms with Gasteiger partial charge in [0, 0.05) is 26.7 Å². The molecule has 2 N–H and O–H groups in total. The van der Waals surface area contributed by atoms with E-state index in [0.29, 0.717) is 36.2 Å². The highest BCUT2D eigenvalue weighted by molar-refractivity contribution is 8.00. The van der Waals surface area contributed by atoms with Crippen LogP contribution in [0.25, 0.3) is 0 Å². The molecule has 1 aromatic heterocycles. The Balaban J connectivity index is 2.29. The molecule has 9 nitrogen and oxygen atoms in total. The molecule has 0 aliphatic carbocycles. The van der Waals surface area contributed by atoms with Gasteiger partial charge in [0.1, 0.15) is 6.33 Å². The van der Waals surface area contributed by atoms with Crippen molar-refractivity contribution >= 4 is 39.1 Å². The molecular weight excluding hydrogens is 412 g/mol. The van der Waals surface area contributed by atoms with Crippen LogP contribution in [0, 0.1) is 0 Å². The first-order chi connectivity index (χ1) is 13.7. The molecular formula is C18H28N6O3S2. The minimum atomic E-state index is -3.63. The number of thioether (sulfide) groups is 1. The quantitative estimate of drug-likeness (QED) is 0.546. The van der Waals surface area contributed by atoms with E-state index in [1.54, 1.807) is 50.8 Å². The second kappa shape index (κ2) is 10.1. The van der Waals surface area contributed by atoms with Gasteiger partial charge in [0.2, 0.25) is 15.9 Å². The van der Waals surface area contributed by atoms with Crippen LogP contribution in [0.2, 0.25) is 0 Å². The van der Waals surface area contributed by atoms with Crippen LogP contribution in [0.15, 0.2) is 34.6 Å². The molecule has 0 aliphatic rings. The topological polar surface area (TPSA) is 109 Å². The summed E-state index contributed by atoms with van der Waals surface area (Å²) in [6, 6.07) is 4.73. The summed E-state index contributed by atoms with van der Waals surface area (Å²) in [7, 11) is -1.83. The third kappa shape index (κ3) is 5.49. The maximum Gasteiger partial charge on any atom is 0.243 e. The summed E-state index contributed by atoms with van der Waals surface area (Å²) < 4.78 is 28.8. The molecule has 2 rings (SSSR count). The van der Waals surface area contributed by atoms with Gasteiger partial charge in [-0.1, -0.05) is 25.6 Å². The summed E-state index contributed by atoms with van der Waals surface area (Å²) in [5.41, 5.74) is 1.09. The number of amides is 1. The third-order valence-electron chi connectivity index (χ3n) is 4.28. The SMILES string of the molecule is CCNc1ccc(S(=O)(=O)N(CC)CC)cc1NC(=O)[C@@H](C)Sc1nncn1C. The van der Waals surface area contributed by atoms with E-state index in [1.807, 2.05) is 6.92 Å². The maximum atomic E-state index is 12.9. The number of sulfonamides is 1. The van der Waals surface area contributed by atoms with Crippen molar-refractivity contribution in [2.45, 2.75) is 43.0 Å². The molecule has 0 radical (unpaired) electrons. The van der Waals surface area contributed by atoms with Crippen molar-refractivity contribution < 1.29 is 13.2 Å². The predicted molar refractivity (Wildman–Crippen MR) is 116 cm³/mol. The van der Waals surface area contributed by atoms with Gasteiger partial charge in [-0.25, -0.2) is 8.42 Å². The van der Waals surface area contributed by atoms with E-state index in [1.165, 1.54) is 22.1 Å². The molecule has 1 amide bonds. The smallest absolute Gasteiger partial charge is 0.243 e. The molecule has 29 heavy (non-hydrogen) atoms. The van der Waals surface area contributed by atoms with Gasteiger partial charge in [0.05, 0.1) is 21.5 Å². The first-order valence-electron chi connectivity index (χ1n) is 9.44. The number of nitrogens with zero attached hydrogens (tertiary/aromatic N) is 4. The lowest BCUT2D eigenvalue weighted by Gasteiger charge is -2.20. The fourth-order valence-electron chi connectivity index (χ4n) is 2.67. The zero-order chi connectivity index (χ0) is 21.6. The maximum absolute atomic E-state index is 12.9. The number of aromatic nitrogens is 3. The summed E-state index contributed by atoms with van der Waals surface area (Å²) in [5.74, 6) is -0.255. The van der Waals surface area contributed by atoms with E-state index in [4.69, 9.17) is 0 Å². The summed E-state index contributed by atoms with van der Waals surface area (Å²) >= 11 is 1.28. The van der Waals surface area contributed by atoms with E-state index < -0.39 is 15.3 Å². The molecule has 0 aliphatic heterocycles. The van der Waals surface area contributed by atoms with Crippen LogP contribution in [-0.4, -0.2) is 58.3 Å². The highest BCUT2D eigenvalue weighted by atomic mass is 32.2. The highest BCUT2D eigenvalue weighted by Crippen LogP contribution is 2.29. The Morgan fingerprint density at radius 3 is 2.48 bits per heavy atom. The standard InChI is InChI=1S/C18H28N6O3S2/c1-6-19-15-10-9-14(29(26,27)24(7-2)8-3)11-16(15)21-17(25)13(4)28-18-22-20-12-23(18)5/h9-13,19H,6-8H2,1-5H3,(H,21,25)/t13-/m1/s1. The van der Waals surface area contributed by atoms with Gasteiger partial charge in [0.15, 0.2) is 5.16 Å². The highest BCUT2D eigenvalue weighted by Gasteiger charge is 2.24. The van der Waals surface area contributed by atoms with E-state index >= 15 is 0 Å². The Morgan fingerprint density at radius 2 is 1.93 bits per heavy atom. The number of nitrogens with one attached hydrogen (secondary N) is 2. The molecule has 0 saturated heterocycles. The van der Waals surface area contributed by atoms with Gasteiger partial charge in [-0.2, -0.15) is 4.31 Å². The number of hydrogen-bond donors (Lipinski definition) is 2. The Morgan fingerprint density at radius 1 is 1.24 bits per heavy atom. The molecule has 2 aromatic rings. The number of anilines is 2. The largest absolute Gasteiger partial charge is 0.384 e. The normalized spacial score (nSPS) is 12.8. The molecule has 0 fully saturated rings. The van der Waals surface area contributed by atoms with Crippen LogP contribution in [-0.2, 0) is 21.9 Å². The van der Waals surface area contributed by atoms with Gasteiger partial charge < -0.3 is 15.2 Å². The Kier molecular flexibility index (Phi) is 8.05. The number of hydrogen-bond acceptors (Lipinski definition) is 7. The Labute approximate surface area is 176 Å². The molecule has 0 unspecified atom stereocenters. The molecule has 0 saturated carbocycles. The summed E-state index contributed by atoms with van der Waals surface area (Å²) in [5, 5.41) is 14.0. The van der Waals surface area contributed by atoms with Crippen molar-refractivity contribution in [2.75, 3.05) is 30.3 Å². The lowest BCUT2D eigenvalue weighted by Crippen LogP contribution is -2.31. The van der Waals surface area contributed by atoms with E-state index in [9.17, 15) is 13.2 Å². The van der Waals surface area contributed by atoms with Crippen LogP contribution >= 0.6 is 11.8 Å². The fourth-order valence-corrected chi connectivity index (χ4v) is 4.94. The monoisotopic (exact) mass is 440 g/mol. The van der Waals surface area contributed by atoms with Gasteiger partial charge in [-0.15, -0.1) is 10.2 Å². The molecule has 1 heterocycles. The van der Waals surface area contributed by atoms with Crippen LogP contribution < -0.4 is 10.6 Å². The molecule has 11 heteroatoms. The first kappa shape index (κ1) is 23.2. The predicted octanol–water partition coefficient (Wildman–Crippen LogP) is 2.40. The van der Waals surface area contributed by atoms with Crippen molar-refractivity contribution in [3.8, 4) is 0 Å². The summed E-state index contributed by atoms with van der Waals surface area (Å²) in [4.78, 5) is 12.9. The number of rotatable bonds is 10. The van der Waals surface area contributed by atoms with E-state index in [2.05, 4.69) is 20.8 Å². The van der Waals surface area contributed by atoms with Gasteiger partial charge in [-0.3, -0.25) is 4.79 Å². The van der Waals surface area contributed by atoms with Gasteiger partial charge in [-0.05, 0) is 32.0 Å². The van der Waals surface area contributed by atoms with Gasteiger partial charge >= 0.3 is 0 Å². The Bertz CT molecular complexity index is 941. The summed E-state index contributed by atoms with van der Waals surface area (Å²) in [6.45, 7) is 8.66. The number of carbonyl (C=O) groups is 1. The minimum absolute atomic E-state index is 0.145. The number of aryl methyl sites for hydroxylation is 1. The van der Waals surface area contributed by atoms with Crippen molar-refractivity contribution in [1.29, 1.82) is 0 Å². The lowest BCUT2D eigenvalue weighted by molar-refractivity contribution is -0.115. The van der Waals surface area contributed by atoms with Crippen LogP contribution in [0.1, 0.15) is 27.7 Å². The van der Waals surface area contributed by atoms with Crippen LogP contribution in [0.5, 0.6) is 0 Å². The molecule has 1 atom stereocenters. The summed E-state index contributed by atoms with van der Waals surface area (Å²) in [6.07, 6.45) is 1.57. The zero-order valence-electron chi connectivity index (χ0n) is 17.3. The van der Waals surface area contributed by atoms with Crippen LogP contribution in [0.3, 0.4) is 0 Å². The van der Waals surface area contributed by atoms with Crippen molar-refractivity contribution in [2.24, 2.45) is 7.05 Å². The van der Waals surface area contributed by atoms with E-state index in [-0.39, 0.29) is 10.8 Å². The lowest BCUT2D eigenvalue weighted by atomic mass is 10.2. The van der Waals surface area contributed by atoms with Gasteiger partial charge in [0.25, 0.3) is 0 Å². The molecule has 1 aromatic carbocycles. The van der Waals surface area contributed by atoms with Crippen LogP contribution in [0.4, 0.5) is 11.4 Å².